The molecule has 16 heavy (non-hydrogen) atoms. The molecular weight excluding hydrogens is 224 g/mol. The highest BCUT2D eigenvalue weighted by atomic mass is 35.5. The lowest BCUT2D eigenvalue weighted by atomic mass is 10.0. The van der Waals surface area contributed by atoms with E-state index >= 15 is 0 Å². The van der Waals surface area contributed by atoms with Crippen LogP contribution >= 0.6 is 12.4 Å². The lowest BCUT2D eigenvalue weighted by molar-refractivity contribution is -0.122. The van der Waals surface area contributed by atoms with Crippen LogP contribution in [-0.4, -0.2) is 18.5 Å². The first-order valence-electron chi connectivity index (χ1n) is 5.96. The van der Waals surface area contributed by atoms with Crippen LogP contribution in [0.5, 0.6) is 0 Å². The fourth-order valence-electron chi connectivity index (χ4n) is 1.47. The largest absolute Gasteiger partial charge is 0.355 e. The van der Waals surface area contributed by atoms with Crippen LogP contribution in [0.2, 0.25) is 0 Å². The van der Waals surface area contributed by atoms with E-state index in [2.05, 4.69) is 33.0 Å². The summed E-state index contributed by atoms with van der Waals surface area (Å²) in [6.45, 7) is 9.28. The SMILES string of the molecule is CC(C)CCCNC(=O)[C@@H](N)CC(C)C.Cl. The van der Waals surface area contributed by atoms with E-state index in [1.54, 1.807) is 0 Å². The van der Waals surface area contributed by atoms with E-state index in [1.165, 1.54) is 0 Å². The van der Waals surface area contributed by atoms with Crippen molar-refractivity contribution in [3.63, 3.8) is 0 Å². The molecule has 0 aliphatic carbocycles. The first kappa shape index (κ1) is 18.1. The summed E-state index contributed by atoms with van der Waals surface area (Å²) in [4.78, 5) is 11.5. The van der Waals surface area contributed by atoms with Gasteiger partial charge in [0.2, 0.25) is 5.91 Å². The van der Waals surface area contributed by atoms with Gasteiger partial charge < -0.3 is 11.1 Å². The van der Waals surface area contributed by atoms with E-state index in [0.717, 1.165) is 25.8 Å². The topological polar surface area (TPSA) is 55.1 Å². The maximum atomic E-state index is 11.5. The molecule has 1 atom stereocenters. The number of rotatable bonds is 7. The summed E-state index contributed by atoms with van der Waals surface area (Å²) >= 11 is 0. The van der Waals surface area contributed by atoms with Crippen LogP contribution in [0, 0.1) is 11.8 Å². The van der Waals surface area contributed by atoms with Crippen molar-refractivity contribution in [2.24, 2.45) is 17.6 Å². The van der Waals surface area contributed by atoms with Gasteiger partial charge in [-0.15, -0.1) is 12.4 Å². The summed E-state index contributed by atoms with van der Waals surface area (Å²) < 4.78 is 0. The van der Waals surface area contributed by atoms with Gasteiger partial charge in [-0.3, -0.25) is 4.79 Å². The minimum absolute atomic E-state index is 0. The van der Waals surface area contributed by atoms with Crippen LogP contribution in [0.15, 0.2) is 0 Å². The van der Waals surface area contributed by atoms with Crippen molar-refractivity contribution in [3.8, 4) is 0 Å². The van der Waals surface area contributed by atoms with E-state index in [0.29, 0.717) is 11.8 Å². The Bertz CT molecular complexity index is 184. The highest BCUT2D eigenvalue weighted by Gasteiger charge is 2.13. The number of nitrogens with two attached hydrogens (primary N) is 1. The molecule has 0 bridgehead atoms. The van der Waals surface area contributed by atoms with Gasteiger partial charge in [-0.05, 0) is 31.1 Å². The van der Waals surface area contributed by atoms with Crippen LogP contribution in [-0.2, 0) is 4.79 Å². The third-order valence-electron chi connectivity index (χ3n) is 2.32. The number of hydrogen-bond acceptors (Lipinski definition) is 2. The minimum atomic E-state index is -0.343. The van der Waals surface area contributed by atoms with Gasteiger partial charge in [-0.2, -0.15) is 0 Å². The predicted molar refractivity (Wildman–Crippen MR) is 71.8 cm³/mol. The Morgan fingerprint density at radius 1 is 1.19 bits per heavy atom. The summed E-state index contributed by atoms with van der Waals surface area (Å²) in [5.41, 5.74) is 5.75. The second kappa shape index (κ2) is 9.91. The molecule has 0 unspecified atom stereocenters. The lowest BCUT2D eigenvalue weighted by Gasteiger charge is -2.14. The summed E-state index contributed by atoms with van der Waals surface area (Å²) in [6.07, 6.45) is 2.95. The molecule has 0 aliphatic heterocycles. The number of halogens is 1. The molecule has 0 saturated heterocycles. The number of nitrogens with one attached hydrogen (secondary N) is 1. The van der Waals surface area contributed by atoms with E-state index < -0.39 is 0 Å². The van der Waals surface area contributed by atoms with Crippen molar-refractivity contribution in [1.29, 1.82) is 0 Å². The van der Waals surface area contributed by atoms with E-state index in [1.807, 2.05) is 0 Å². The maximum absolute atomic E-state index is 11.5. The van der Waals surface area contributed by atoms with Crippen LogP contribution in [0.4, 0.5) is 0 Å². The summed E-state index contributed by atoms with van der Waals surface area (Å²) in [6, 6.07) is -0.343. The molecule has 0 spiro atoms. The third kappa shape index (κ3) is 10.2. The van der Waals surface area contributed by atoms with Gasteiger partial charge >= 0.3 is 0 Å². The molecule has 0 heterocycles. The van der Waals surface area contributed by atoms with Gasteiger partial charge in [0.05, 0.1) is 6.04 Å². The van der Waals surface area contributed by atoms with Crippen LogP contribution in [0.1, 0.15) is 47.0 Å². The molecule has 4 heteroatoms. The number of amides is 1. The zero-order chi connectivity index (χ0) is 11.8. The minimum Gasteiger partial charge on any atom is -0.355 e. The quantitative estimate of drug-likeness (QED) is 0.682. The van der Waals surface area contributed by atoms with Crippen molar-refractivity contribution in [1.82, 2.24) is 5.32 Å². The Balaban J connectivity index is 0. The Labute approximate surface area is 106 Å². The monoisotopic (exact) mass is 250 g/mol. The van der Waals surface area contributed by atoms with E-state index in [9.17, 15) is 4.79 Å². The number of carbonyl (C=O) groups is 1. The average molecular weight is 251 g/mol. The first-order valence-corrected chi connectivity index (χ1v) is 5.96. The number of hydrogen-bond donors (Lipinski definition) is 2. The molecule has 1 amide bonds. The molecule has 3 N–H and O–H groups in total. The van der Waals surface area contributed by atoms with E-state index in [4.69, 9.17) is 5.73 Å². The molecule has 0 radical (unpaired) electrons. The summed E-state index contributed by atoms with van der Waals surface area (Å²) in [5, 5.41) is 2.88. The zero-order valence-electron chi connectivity index (χ0n) is 11.0. The van der Waals surface area contributed by atoms with Crippen molar-refractivity contribution >= 4 is 18.3 Å². The van der Waals surface area contributed by atoms with Crippen molar-refractivity contribution in [2.45, 2.75) is 53.0 Å². The molecule has 0 aromatic carbocycles. The standard InChI is InChI=1S/C12H26N2O.ClH/c1-9(2)6-5-7-14-12(15)11(13)8-10(3)4;/h9-11H,5-8,13H2,1-4H3,(H,14,15);1H/t11-;/m0./s1. The zero-order valence-corrected chi connectivity index (χ0v) is 11.8. The molecule has 98 valence electrons. The smallest absolute Gasteiger partial charge is 0.236 e. The molecule has 0 aromatic rings. The Kier molecular flexibility index (Phi) is 11.2. The highest BCUT2D eigenvalue weighted by molar-refractivity contribution is 5.85. The van der Waals surface area contributed by atoms with E-state index in [-0.39, 0.29) is 24.4 Å². The third-order valence-corrected chi connectivity index (χ3v) is 2.32. The molecule has 3 nitrogen and oxygen atoms in total. The first-order chi connectivity index (χ1) is 6.93. The second-order valence-corrected chi connectivity index (χ2v) is 5.06. The fraction of sp³-hybridized carbons (Fsp3) is 0.917. The van der Waals surface area contributed by atoms with Crippen LogP contribution in [0.3, 0.4) is 0 Å². The Morgan fingerprint density at radius 3 is 2.19 bits per heavy atom. The van der Waals surface area contributed by atoms with Gasteiger partial charge in [-0.25, -0.2) is 0 Å². The lowest BCUT2D eigenvalue weighted by Crippen LogP contribution is -2.41. The van der Waals surface area contributed by atoms with Gasteiger partial charge in [0.1, 0.15) is 0 Å². The molecule has 0 aliphatic rings. The second-order valence-electron chi connectivity index (χ2n) is 5.06. The molecule has 0 rings (SSSR count). The maximum Gasteiger partial charge on any atom is 0.236 e. The van der Waals surface area contributed by atoms with Crippen molar-refractivity contribution in [3.05, 3.63) is 0 Å². The Hall–Kier alpha value is -0.280. The highest BCUT2D eigenvalue weighted by Crippen LogP contribution is 2.04. The van der Waals surface area contributed by atoms with Crippen molar-refractivity contribution < 1.29 is 4.79 Å². The van der Waals surface area contributed by atoms with Gasteiger partial charge in [0, 0.05) is 6.54 Å². The molecule has 0 aromatic heterocycles. The van der Waals surface area contributed by atoms with Gasteiger partial charge in [0.15, 0.2) is 0 Å². The summed E-state index contributed by atoms with van der Waals surface area (Å²) in [5.74, 6) is 1.17. The fourth-order valence-corrected chi connectivity index (χ4v) is 1.47. The normalized spacial score (nSPS) is 12.4. The van der Waals surface area contributed by atoms with Crippen LogP contribution in [0.25, 0.3) is 0 Å². The van der Waals surface area contributed by atoms with Crippen LogP contribution < -0.4 is 11.1 Å². The molecular formula is C12H27ClN2O. The predicted octanol–water partition coefficient (Wildman–Crippen LogP) is 2.33. The van der Waals surface area contributed by atoms with Crippen molar-refractivity contribution in [2.75, 3.05) is 6.54 Å². The number of carbonyl (C=O) groups excluding carboxylic acids is 1. The van der Waals surface area contributed by atoms with Gasteiger partial charge in [-0.1, -0.05) is 27.7 Å². The summed E-state index contributed by atoms with van der Waals surface area (Å²) in [7, 11) is 0. The average Bonchev–Trinajstić information content (AvgIpc) is 2.10. The molecule has 0 fully saturated rings. The Morgan fingerprint density at radius 2 is 1.75 bits per heavy atom. The molecule has 0 saturated carbocycles. The van der Waals surface area contributed by atoms with Gasteiger partial charge in [0.25, 0.3) is 0 Å².